The Kier molecular flexibility index (Phi) is 4.67. The highest BCUT2D eigenvalue weighted by molar-refractivity contribution is 7.17. The van der Waals surface area contributed by atoms with Crippen LogP contribution >= 0.6 is 11.3 Å². The predicted octanol–water partition coefficient (Wildman–Crippen LogP) is 3.76. The van der Waals surface area contributed by atoms with E-state index >= 15 is 0 Å². The number of benzene rings is 1. The predicted molar refractivity (Wildman–Crippen MR) is 97.8 cm³/mol. The molecule has 1 aliphatic rings. The minimum Gasteiger partial charge on any atom is -0.487 e. The van der Waals surface area contributed by atoms with Gasteiger partial charge in [0, 0.05) is 29.2 Å². The summed E-state index contributed by atoms with van der Waals surface area (Å²) in [4.78, 5) is 18.6. The second-order valence-electron chi connectivity index (χ2n) is 6.84. The van der Waals surface area contributed by atoms with Gasteiger partial charge in [-0.25, -0.2) is 4.98 Å². The monoisotopic (exact) mass is 410 g/mol. The molecule has 0 radical (unpaired) electrons. The summed E-state index contributed by atoms with van der Waals surface area (Å²) in [6.07, 6.45) is -3.54. The molecule has 0 saturated heterocycles. The van der Waals surface area contributed by atoms with E-state index in [9.17, 15) is 23.1 Å². The number of alkyl halides is 3. The number of hydrogen-bond donors (Lipinski definition) is 1. The molecule has 1 saturated carbocycles. The maximum atomic E-state index is 12.6. The molecule has 9 heteroatoms. The van der Waals surface area contributed by atoms with Crippen molar-refractivity contribution in [1.29, 1.82) is 0 Å². The molecule has 0 spiro atoms. The number of rotatable bonds is 5. The van der Waals surface area contributed by atoms with Crippen LogP contribution in [0.15, 0.2) is 35.1 Å². The van der Waals surface area contributed by atoms with Crippen LogP contribution in [0.3, 0.4) is 0 Å². The average Bonchev–Trinajstić information content (AvgIpc) is 3.34. The van der Waals surface area contributed by atoms with E-state index in [-0.39, 0.29) is 36.4 Å². The molecule has 2 unspecified atom stereocenters. The molecule has 0 amide bonds. The van der Waals surface area contributed by atoms with Crippen LogP contribution < -0.4 is 10.3 Å². The number of thiazole rings is 1. The Labute approximate surface area is 162 Å². The summed E-state index contributed by atoms with van der Waals surface area (Å²) in [7, 11) is 0. The van der Waals surface area contributed by atoms with E-state index in [4.69, 9.17) is 4.74 Å². The highest BCUT2D eigenvalue weighted by atomic mass is 32.1. The Hall–Kier alpha value is -2.39. The quantitative estimate of drug-likeness (QED) is 0.696. The Bertz CT molecular complexity index is 1070. The van der Waals surface area contributed by atoms with Gasteiger partial charge in [0.1, 0.15) is 12.4 Å². The van der Waals surface area contributed by atoms with E-state index < -0.39 is 11.7 Å². The Balaban J connectivity index is 1.55. The molecule has 2 heterocycles. The molecule has 1 N–H and O–H groups in total. The zero-order chi connectivity index (χ0) is 20.1. The number of nitrogens with zero attached hydrogens (tertiary/aromatic N) is 2. The lowest BCUT2D eigenvalue weighted by molar-refractivity contribution is -0.137. The first kappa shape index (κ1) is 18.9. The fourth-order valence-electron chi connectivity index (χ4n) is 3.33. The van der Waals surface area contributed by atoms with E-state index in [1.165, 1.54) is 29.5 Å². The smallest absolute Gasteiger partial charge is 0.416 e. The standard InChI is InChI=1S/C19H17F3N2O3S/c1-10-17(15-6-11(15)8-25)24-16(26)7-13(23-18(24)28-10)9-27-14-4-2-12(3-5-14)19(20,21)22/h2-5,7,11,15,25H,6,8-9H2,1H3. The van der Waals surface area contributed by atoms with Crippen LogP contribution in [0.2, 0.25) is 0 Å². The average molecular weight is 410 g/mol. The first-order valence-electron chi connectivity index (χ1n) is 8.71. The van der Waals surface area contributed by atoms with Crippen LogP contribution in [0.5, 0.6) is 5.75 Å². The minimum absolute atomic E-state index is 0.0217. The lowest BCUT2D eigenvalue weighted by Gasteiger charge is -2.09. The molecule has 5 nitrogen and oxygen atoms in total. The fourth-order valence-corrected chi connectivity index (χ4v) is 4.39. The van der Waals surface area contributed by atoms with Crippen molar-refractivity contribution < 1.29 is 23.0 Å². The van der Waals surface area contributed by atoms with E-state index in [2.05, 4.69) is 4.98 Å². The van der Waals surface area contributed by atoms with Gasteiger partial charge in [0.25, 0.3) is 5.56 Å². The molecular formula is C19H17F3N2O3S. The van der Waals surface area contributed by atoms with Gasteiger partial charge in [0.15, 0.2) is 4.96 Å². The van der Waals surface area contributed by atoms with Crippen LogP contribution in [0, 0.1) is 12.8 Å². The van der Waals surface area contributed by atoms with E-state index in [0.29, 0.717) is 10.7 Å². The highest BCUT2D eigenvalue weighted by Gasteiger charge is 2.41. The first-order chi connectivity index (χ1) is 13.3. The molecule has 4 rings (SSSR count). The van der Waals surface area contributed by atoms with Gasteiger partial charge in [-0.3, -0.25) is 9.20 Å². The van der Waals surface area contributed by atoms with Crippen molar-refractivity contribution in [1.82, 2.24) is 9.38 Å². The zero-order valence-corrected chi connectivity index (χ0v) is 15.7. The normalized spacial score (nSPS) is 19.2. The molecule has 148 valence electrons. The number of aliphatic hydroxyl groups is 1. The number of aromatic nitrogens is 2. The number of ether oxygens (including phenoxy) is 1. The largest absolute Gasteiger partial charge is 0.487 e. The maximum absolute atomic E-state index is 12.6. The van der Waals surface area contributed by atoms with Crippen molar-refractivity contribution in [2.75, 3.05) is 6.61 Å². The van der Waals surface area contributed by atoms with Gasteiger partial charge >= 0.3 is 6.18 Å². The van der Waals surface area contributed by atoms with Crippen molar-refractivity contribution in [3.63, 3.8) is 0 Å². The number of fused-ring (bicyclic) bond motifs is 1. The second-order valence-corrected chi connectivity index (χ2v) is 8.02. The van der Waals surface area contributed by atoms with Gasteiger partial charge in [0.05, 0.1) is 11.3 Å². The lowest BCUT2D eigenvalue weighted by atomic mass is 10.2. The SMILES string of the molecule is Cc1sc2nc(COc3ccc(C(F)(F)F)cc3)cc(=O)n2c1C1CC1CO. The number of aliphatic hydroxyl groups excluding tert-OH is 1. The van der Waals surface area contributed by atoms with Gasteiger partial charge < -0.3 is 9.84 Å². The van der Waals surface area contributed by atoms with Crippen LogP contribution in [0.1, 0.15) is 34.2 Å². The number of aryl methyl sites for hydroxylation is 1. The topological polar surface area (TPSA) is 63.8 Å². The van der Waals surface area contributed by atoms with Gasteiger partial charge in [0.2, 0.25) is 0 Å². The Morgan fingerprint density at radius 1 is 1.32 bits per heavy atom. The minimum atomic E-state index is -4.40. The summed E-state index contributed by atoms with van der Waals surface area (Å²) < 4.78 is 44.9. The summed E-state index contributed by atoms with van der Waals surface area (Å²) in [5.41, 5.74) is 0.346. The van der Waals surface area contributed by atoms with Crippen molar-refractivity contribution in [3.05, 3.63) is 62.5 Å². The second kappa shape index (κ2) is 6.89. The maximum Gasteiger partial charge on any atom is 0.416 e. The van der Waals surface area contributed by atoms with Gasteiger partial charge in [-0.2, -0.15) is 13.2 Å². The van der Waals surface area contributed by atoms with Crippen LogP contribution in [0.25, 0.3) is 4.96 Å². The zero-order valence-electron chi connectivity index (χ0n) is 14.9. The number of halogens is 3. The van der Waals surface area contributed by atoms with Crippen LogP contribution in [-0.2, 0) is 12.8 Å². The van der Waals surface area contributed by atoms with Crippen LogP contribution in [0.4, 0.5) is 13.2 Å². The molecule has 1 aromatic carbocycles. The molecule has 28 heavy (non-hydrogen) atoms. The van der Waals surface area contributed by atoms with Gasteiger partial charge in [-0.1, -0.05) is 0 Å². The molecule has 3 aromatic rings. The third kappa shape index (κ3) is 3.51. The molecule has 1 fully saturated rings. The third-order valence-corrected chi connectivity index (χ3v) is 5.84. The summed E-state index contributed by atoms with van der Waals surface area (Å²) in [6, 6.07) is 5.75. The molecule has 0 bridgehead atoms. The van der Waals surface area contributed by atoms with E-state index in [1.54, 1.807) is 4.40 Å². The Morgan fingerprint density at radius 3 is 2.64 bits per heavy atom. The molecular weight excluding hydrogens is 393 g/mol. The van der Waals surface area contributed by atoms with Crippen molar-refractivity contribution >= 4 is 16.3 Å². The highest BCUT2D eigenvalue weighted by Crippen LogP contribution is 2.49. The number of hydrogen-bond acceptors (Lipinski definition) is 5. The van der Waals surface area contributed by atoms with Gasteiger partial charge in [-0.05, 0) is 43.5 Å². The molecule has 2 atom stereocenters. The molecule has 2 aromatic heterocycles. The van der Waals surface area contributed by atoms with Crippen molar-refractivity contribution in [3.8, 4) is 5.75 Å². The Morgan fingerprint density at radius 2 is 2.04 bits per heavy atom. The summed E-state index contributed by atoms with van der Waals surface area (Å²) in [5.74, 6) is 0.625. The van der Waals surface area contributed by atoms with E-state index in [0.717, 1.165) is 29.1 Å². The van der Waals surface area contributed by atoms with Gasteiger partial charge in [-0.15, -0.1) is 11.3 Å². The molecule has 0 aliphatic heterocycles. The van der Waals surface area contributed by atoms with E-state index in [1.807, 2.05) is 6.92 Å². The lowest BCUT2D eigenvalue weighted by Crippen LogP contribution is -2.17. The summed E-state index contributed by atoms with van der Waals surface area (Å²) >= 11 is 1.40. The first-order valence-corrected chi connectivity index (χ1v) is 9.52. The van der Waals surface area contributed by atoms with Crippen molar-refractivity contribution in [2.45, 2.75) is 32.0 Å². The molecule has 1 aliphatic carbocycles. The van der Waals surface area contributed by atoms with Crippen LogP contribution in [-0.4, -0.2) is 21.1 Å². The fraction of sp³-hybridized carbons (Fsp3) is 0.368. The van der Waals surface area contributed by atoms with Crippen molar-refractivity contribution in [2.24, 2.45) is 5.92 Å². The third-order valence-electron chi connectivity index (χ3n) is 4.86. The summed E-state index contributed by atoms with van der Waals surface area (Å²) in [5, 5.41) is 9.31. The summed E-state index contributed by atoms with van der Waals surface area (Å²) in [6.45, 7) is 2.01.